The van der Waals surface area contributed by atoms with Gasteiger partial charge in [-0.05, 0) is 31.1 Å². The van der Waals surface area contributed by atoms with Crippen molar-refractivity contribution in [1.29, 1.82) is 0 Å². The zero-order valence-corrected chi connectivity index (χ0v) is 13.8. The van der Waals surface area contributed by atoms with E-state index >= 15 is 0 Å². The first-order chi connectivity index (χ1) is 10.2. The molecule has 0 aliphatic heterocycles. The lowest BCUT2D eigenvalue weighted by Crippen LogP contribution is -2.30. The van der Waals surface area contributed by atoms with Gasteiger partial charge < -0.3 is 9.16 Å². The van der Waals surface area contributed by atoms with Crippen LogP contribution in [0.15, 0.2) is 72.2 Å². The van der Waals surface area contributed by atoms with E-state index in [0.29, 0.717) is 12.6 Å². The van der Waals surface area contributed by atoms with Crippen molar-refractivity contribution < 1.29 is 9.16 Å². The standard InChI is InChI=1S/C18H21O2Si/c1-15(2)18(19-14-16-10-6-4-7-11-16)20-21(3)17-12-8-5-9-13-17/h4-13H,14H2,1-3H3. The molecule has 3 heteroatoms. The van der Waals surface area contributed by atoms with Gasteiger partial charge in [0, 0.05) is 5.57 Å². The number of rotatable bonds is 6. The van der Waals surface area contributed by atoms with Crippen LogP contribution in [0, 0.1) is 0 Å². The summed E-state index contributed by atoms with van der Waals surface area (Å²) in [5.74, 6) is 0.652. The Kier molecular flexibility index (Phi) is 5.64. The third-order valence-electron chi connectivity index (χ3n) is 3.05. The van der Waals surface area contributed by atoms with Gasteiger partial charge in [-0.2, -0.15) is 0 Å². The number of hydrogen-bond acceptors (Lipinski definition) is 2. The van der Waals surface area contributed by atoms with E-state index in [1.807, 2.05) is 50.2 Å². The summed E-state index contributed by atoms with van der Waals surface area (Å²) < 4.78 is 11.9. The minimum absolute atomic E-state index is 0.533. The lowest BCUT2D eigenvalue weighted by molar-refractivity contribution is 0.0924. The second-order valence-electron chi connectivity index (χ2n) is 5.09. The van der Waals surface area contributed by atoms with Crippen LogP contribution < -0.4 is 5.19 Å². The van der Waals surface area contributed by atoms with Gasteiger partial charge in [-0.1, -0.05) is 60.7 Å². The molecule has 0 aliphatic rings. The first-order valence-electron chi connectivity index (χ1n) is 7.08. The predicted molar refractivity (Wildman–Crippen MR) is 88.4 cm³/mol. The summed E-state index contributed by atoms with van der Waals surface area (Å²) in [5.41, 5.74) is 2.20. The molecule has 0 fully saturated rings. The number of benzene rings is 2. The van der Waals surface area contributed by atoms with Crippen LogP contribution in [0.1, 0.15) is 19.4 Å². The average Bonchev–Trinajstić information content (AvgIpc) is 2.52. The van der Waals surface area contributed by atoms with Gasteiger partial charge in [-0.25, -0.2) is 0 Å². The molecule has 0 saturated carbocycles. The first kappa shape index (κ1) is 15.4. The van der Waals surface area contributed by atoms with E-state index in [2.05, 4.69) is 30.8 Å². The fraction of sp³-hybridized carbons (Fsp3) is 0.222. The summed E-state index contributed by atoms with van der Waals surface area (Å²) in [7, 11) is -1.10. The van der Waals surface area contributed by atoms with Gasteiger partial charge in [-0.3, -0.25) is 0 Å². The molecular formula is C18H21O2Si. The van der Waals surface area contributed by atoms with Crippen LogP contribution in [0.4, 0.5) is 0 Å². The Balaban J connectivity index is 1.99. The van der Waals surface area contributed by atoms with Gasteiger partial charge in [-0.15, -0.1) is 0 Å². The van der Waals surface area contributed by atoms with E-state index in [9.17, 15) is 0 Å². The number of allylic oxidation sites excluding steroid dienone is 1. The molecule has 0 amide bonds. The van der Waals surface area contributed by atoms with Crippen LogP contribution >= 0.6 is 0 Å². The Labute approximate surface area is 128 Å². The summed E-state index contributed by atoms with van der Waals surface area (Å²) in [6.45, 7) is 6.70. The summed E-state index contributed by atoms with van der Waals surface area (Å²) in [4.78, 5) is 0. The van der Waals surface area contributed by atoms with E-state index < -0.39 is 9.04 Å². The van der Waals surface area contributed by atoms with Gasteiger partial charge in [0.1, 0.15) is 6.61 Å². The summed E-state index contributed by atoms with van der Waals surface area (Å²) in [6, 6.07) is 20.5. The highest BCUT2D eigenvalue weighted by atomic mass is 28.3. The van der Waals surface area contributed by atoms with E-state index in [0.717, 1.165) is 11.1 Å². The smallest absolute Gasteiger partial charge is 0.317 e. The average molecular weight is 297 g/mol. The van der Waals surface area contributed by atoms with Crippen LogP contribution in [0.2, 0.25) is 6.55 Å². The maximum absolute atomic E-state index is 6.08. The van der Waals surface area contributed by atoms with E-state index in [-0.39, 0.29) is 0 Å². The Morgan fingerprint density at radius 1 is 0.905 bits per heavy atom. The van der Waals surface area contributed by atoms with E-state index in [1.54, 1.807) is 0 Å². The molecular weight excluding hydrogens is 276 g/mol. The molecule has 21 heavy (non-hydrogen) atoms. The quantitative estimate of drug-likeness (QED) is 0.593. The second-order valence-corrected chi connectivity index (χ2v) is 6.98. The highest BCUT2D eigenvalue weighted by Crippen LogP contribution is 2.12. The van der Waals surface area contributed by atoms with Gasteiger partial charge in [0.05, 0.1) is 0 Å². The molecule has 0 aliphatic carbocycles. The molecule has 0 saturated heterocycles. The lowest BCUT2D eigenvalue weighted by Gasteiger charge is -2.18. The van der Waals surface area contributed by atoms with Gasteiger partial charge in [0.25, 0.3) is 5.95 Å². The maximum Gasteiger partial charge on any atom is 0.317 e. The minimum Gasteiger partial charge on any atom is -0.513 e. The predicted octanol–water partition coefficient (Wildman–Crippen LogP) is 4.00. The van der Waals surface area contributed by atoms with Crippen molar-refractivity contribution in [2.24, 2.45) is 0 Å². The fourth-order valence-electron chi connectivity index (χ4n) is 1.87. The Hall–Kier alpha value is -2.00. The fourth-order valence-corrected chi connectivity index (χ4v) is 3.19. The Bertz CT molecular complexity index is 575. The minimum atomic E-state index is -1.10. The zero-order valence-electron chi connectivity index (χ0n) is 12.8. The first-order valence-corrected chi connectivity index (χ1v) is 8.98. The maximum atomic E-state index is 6.08. The van der Waals surface area contributed by atoms with Crippen molar-refractivity contribution in [3.63, 3.8) is 0 Å². The van der Waals surface area contributed by atoms with Crippen molar-refractivity contribution in [3.8, 4) is 0 Å². The van der Waals surface area contributed by atoms with Gasteiger partial charge in [0.15, 0.2) is 0 Å². The van der Waals surface area contributed by atoms with Crippen LogP contribution in [-0.4, -0.2) is 9.04 Å². The summed E-state index contributed by atoms with van der Waals surface area (Å²) >= 11 is 0. The van der Waals surface area contributed by atoms with Crippen LogP contribution in [-0.2, 0) is 15.8 Å². The van der Waals surface area contributed by atoms with E-state index in [4.69, 9.17) is 9.16 Å². The Morgan fingerprint density at radius 2 is 1.48 bits per heavy atom. The van der Waals surface area contributed by atoms with Crippen molar-refractivity contribution in [1.82, 2.24) is 0 Å². The number of ether oxygens (including phenoxy) is 1. The molecule has 0 spiro atoms. The monoisotopic (exact) mass is 297 g/mol. The van der Waals surface area contributed by atoms with Crippen LogP contribution in [0.3, 0.4) is 0 Å². The molecule has 2 aromatic carbocycles. The third kappa shape index (κ3) is 4.79. The van der Waals surface area contributed by atoms with Crippen molar-refractivity contribution in [2.45, 2.75) is 27.0 Å². The van der Waals surface area contributed by atoms with Gasteiger partial charge in [0.2, 0.25) is 0 Å². The highest BCUT2D eigenvalue weighted by Gasteiger charge is 2.14. The third-order valence-corrected chi connectivity index (χ3v) is 4.69. The largest absolute Gasteiger partial charge is 0.513 e. The lowest BCUT2D eigenvalue weighted by atomic mass is 10.2. The highest BCUT2D eigenvalue weighted by molar-refractivity contribution is 6.66. The molecule has 2 aromatic rings. The van der Waals surface area contributed by atoms with Crippen LogP contribution in [0.5, 0.6) is 0 Å². The molecule has 2 nitrogen and oxygen atoms in total. The molecule has 0 unspecified atom stereocenters. The van der Waals surface area contributed by atoms with Gasteiger partial charge >= 0.3 is 9.04 Å². The molecule has 109 valence electrons. The normalized spacial score (nSPS) is 10.3. The van der Waals surface area contributed by atoms with Crippen LogP contribution in [0.25, 0.3) is 0 Å². The molecule has 0 atom stereocenters. The molecule has 0 aromatic heterocycles. The molecule has 0 bridgehead atoms. The number of hydrogen-bond donors (Lipinski definition) is 0. The molecule has 1 radical (unpaired) electrons. The van der Waals surface area contributed by atoms with E-state index in [1.165, 1.54) is 5.19 Å². The molecule has 0 heterocycles. The summed E-state index contributed by atoms with van der Waals surface area (Å²) in [6.07, 6.45) is 0. The van der Waals surface area contributed by atoms with Crippen molar-refractivity contribution >= 4 is 14.2 Å². The van der Waals surface area contributed by atoms with Crippen molar-refractivity contribution in [2.75, 3.05) is 0 Å². The Morgan fingerprint density at radius 3 is 2.05 bits per heavy atom. The summed E-state index contributed by atoms with van der Waals surface area (Å²) in [5, 5.41) is 1.24. The topological polar surface area (TPSA) is 18.5 Å². The second kappa shape index (κ2) is 7.69. The SMILES string of the molecule is CC(C)=C(OCc1ccccc1)O[Si](C)c1ccccc1. The molecule has 2 rings (SSSR count). The van der Waals surface area contributed by atoms with Crippen molar-refractivity contribution in [3.05, 3.63) is 77.7 Å². The zero-order chi connectivity index (χ0) is 15.1. The molecule has 0 N–H and O–H groups in total.